The van der Waals surface area contributed by atoms with Crippen LogP contribution in [-0.4, -0.2) is 34.4 Å². The van der Waals surface area contributed by atoms with Gasteiger partial charge in [-0.2, -0.15) is 0 Å². The number of rotatable bonds is 7. The zero-order valence-corrected chi connectivity index (χ0v) is 12.2. The lowest BCUT2D eigenvalue weighted by Gasteiger charge is -2.17. The van der Waals surface area contributed by atoms with Crippen molar-refractivity contribution in [3.8, 4) is 11.5 Å². The van der Waals surface area contributed by atoms with Gasteiger partial charge in [0.05, 0.1) is 25.2 Å². The van der Waals surface area contributed by atoms with Crippen LogP contribution >= 0.6 is 0 Å². The maximum atomic E-state index is 12.1. The van der Waals surface area contributed by atoms with E-state index in [1.165, 1.54) is 14.2 Å². The average Bonchev–Trinajstić information content (AvgIpc) is 2.39. The number of nitrogens with two attached hydrogens (primary N) is 1. The Labute approximate surface area is 113 Å². The molecule has 3 N–H and O–H groups in total. The third kappa shape index (κ3) is 3.74. The fourth-order valence-corrected chi connectivity index (χ4v) is 2.97. The van der Waals surface area contributed by atoms with Crippen LogP contribution in [0.5, 0.6) is 11.5 Å². The Morgan fingerprint density at radius 2 is 2.00 bits per heavy atom. The van der Waals surface area contributed by atoms with E-state index in [-0.39, 0.29) is 6.54 Å². The van der Waals surface area contributed by atoms with Crippen molar-refractivity contribution in [3.05, 3.63) is 18.2 Å². The van der Waals surface area contributed by atoms with Crippen LogP contribution in [-0.2, 0) is 10.0 Å². The van der Waals surface area contributed by atoms with E-state index >= 15 is 0 Å². The number of methoxy groups -OCH3 is 2. The molecule has 6 nitrogen and oxygen atoms in total. The Morgan fingerprint density at radius 3 is 2.47 bits per heavy atom. The van der Waals surface area contributed by atoms with Crippen LogP contribution < -0.4 is 19.9 Å². The lowest BCUT2D eigenvalue weighted by molar-refractivity contribution is 0.405. The summed E-state index contributed by atoms with van der Waals surface area (Å²) in [5, 5.41) is -0.636. The Morgan fingerprint density at radius 1 is 1.32 bits per heavy atom. The van der Waals surface area contributed by atoms with Gasteiger partial charge >= 0.3 is 0 Å². The van der Waals surface area contributed by atoms with Crippen molar-refractivity contribution >= 4 is 15.7 Å². The molecule has 1 aromatic rings. The summed E-state index contributed by atoms with van der Waals surface area (Å²) in [4.78, 5) is 0. The number of benzene rings is 1. The molecule has 1 aromatic carbocycles. The highest BCUT2D eigenvalue weighted by Gasteiger charge is 2.23. The number of anilines is 1. The van der Waals surface area contributed by atoms with Gasteiger partial charge in [-0.3, -0.25) is 4.72 Å². The van der Waals surface area contributed by atoms with E-state index in [4.69, 9.17) is 15.2 Å². The van der Waals surface area contributed by atoms with Crippen LogP contribution in [0.3, 0.4) is 0 Å². The molecule has 1 rings (SSSR count). The second-order valence-corrected chi connectivity index (χ2v) is 5.94. The topological polar surface area (TPSA) is 90.7 Å². The Bertz CT molecular complexity index is 512. The number of hydrogen-bond acceptors (Lipinski definition) is 5. The molecule has 0 bridgehead atoms. The summed E-state index contributed by atoms with van der Waals surface area (Å²) in [6.45, 7) is 1.84. The highest BCUT2D eigenvalue weighted by molar-refractivity contribution is 7.93. The second-order valence-electron chi connectivity index (χ2n) is 3.98. The van der Waals surface area contributed by atoms with E-state index < -0.39 is 15.3 Å². The third-order valence-electron chi connectivity index (χ3n) is 2.82. The normalized spacial score (nSPS) is 12.8. The predicted octanol–water partition coefficient (Wildman–Crippen LogP) is 1.18. The summed E-state index contributed by atoms with van der Waals surface area (Å²) in [5.41, 5.74) is 5.82. The minimum Gasteiger partial charge on any atom is -0.497 e. The van der Waals surface area contributed by atoms with Crippen molar-refractivity contribution in [1.29, 1.82) is 0 Å². The van der Waals surface area contributed by atoms with E-state index in [9.17, 15) is 8.42 Å². The van der Waals surface area contributed by atoms with E-state index in [0.29, 0.717) is 23.6 Å². The molecule has 0 aliphatic carbocycles. The molecule has 0 aromatic heterocycles. The zero-order valence-electron chi connectivity index (χ0n) is 11.3. The van der Waals surface area contributed by atoms with Crippen molar-refractivity contribution < 1.29 is 17.9 Å². The fourth-order valence-electron chi connectivity index (χ4n) is 1.64. The molecule has 0 heterocycles. The van der Waals surface area contributed by atoms with E-state index in [2.05, 4.69) is 4.72 Å². The first-order valence-electron chi connectivity index (χ1n) is 5.92. The van der Waals surface area contributed by atoms with Crippen LogP contribution in [0.15, 0.2) is 18.2 Å². The molecule has 0 aliphatic heterocycles. The van der Waals surface area contributed by atoms with Gasteiger partial charge in [-0.15, -0.1) is 0 Å². The van der Waals surface area contributed by atoms with Crippen molar-refractivity contribution in [1.82, 2.24) is 0 Å². The number of sulfonamides is 1. The maximum absolute atomic E-state index is 12.1. The molecule has 0 fully saturated rings. The van der Waals surface area contributed by atoms with E-state index in [1.807, 2.05) is 0 Å². The first-order chi connectivity index (χ1) is 8.98. The molecule has 0 saturated heterocycles. The first-order valence-corrected chi connectivity index (χ1v) is 7.46. The molecule has 7 heteroatoms. The third-order valence-corrected chi connectivity index (χ3v) is 4.72. The molecule has 0 saturated carbocycles. The molecule has 1 unspecified atom stereocenters. The minimum atomic E-state index is -3.54. The van der Waals surface area contributed by atoms with Gasteiger partial charge in [-0.05, 0) is 18.6 Å². The minimum absolute atomic E-state index is 0.0676. The van der Waals surface area contributed by atoms with Gasteiger partial charge in [0.15, 0.2) is 0 Å². The first kappa shape index (κ1) is 15.6. The quantitative estimate of drug-likeness (QED) is 0.786. The van der Waals surface area contributed by atoms with Gasteiger partial charge < -0.3 is 15.2 Å². The lowest BCUT2D eigenvalue weighted by atomic mass is 10.3. The van der Waals surface area contributed by atoms with Crippen molar-refractivity contribution in [2.24, 2.45) is 5.73 Å². The van der Waals surface area contributed by atoms with E-state index in [1.54, 1.807) is 25.1 Å². The largest absolute Gasteiger partial charge is 0.497 e. The van der Waals surface area contributed by atoms with Gasteiger partial charge in [0.25, 0.3) is 0 Å². The summed E-state index contributed by atoms with van der Waals surface area (Å²) >= 11 is 0. The molecule has 1 atom stereocenters. The maximum Gasteiger partial charge on any atom is 0.236 e. The average molecular weight is 288 g/mol. The summed E-state index contributed by atoms with van der Waals surface area (Å²) in [6.07, 6.45) is 0.443. The zero-order chi connectivity index (χ0) is 14.5. The summed E-state index contributed by atoms with van der Waals surface area (Å²) < 4.78 is 37.0. The monoisotopic (exact) mass is 288 g/mol. The Balaban J connectivity index is 3.10. The van der Waals surface area contributed by atoms with E-state index in [0.717, 1.165) is 0 Å². The number of ether oxygens (including phenoxy) is 2. The van der Waals surface area contributed by atoms with Crippen LogP contribution in [0, 0.1) is 0 Å². The molecular weight excluding hydrogens is 268 g/mol. The highest BCUT2D eigenvalue weighted by atomic mass is 32.2. The number of hydrogen-bond donors (Lipinski definition) is 2. The molecular formula is C12H20N2O4S. The summed E-state index contributed by atoms with van der Waals surface area (Å²) in [5.74, 6) is 0.968. The van der Waals surface area contributed by atoms with Gasteiger partial charge in [0.1, 0.15) is 11.5 Å². The standard InChI is InChI=1S/C12H20N2O4S/c1-4-10(8-13)19(15,16)14-11-7-9(17-2)5-6-12(11)18-3/h5-7,10,14H,4,8,13H2,1-3H3. The predicted molar refractivity (Wildman–Crippen MR) is 75.2 cm³/mol. The molecule has 19 heavy (non-hydrogen) atoms. The van der Waals surface area contributed by atoms with Crippen LogP contribution in [0.25, 0.3) is 0 Å². The molecule has 108 valence electrons. The number of nitrogens with one attached hydrogen (secondary N) is 1. The van der Waals surface area contributed by atoms with Gasteiger partial charge in [0, 0.05) is 12.6 Å². The molecule has 0 amide bonds. The van der Waals surface area contributed by atoms with Crippen molar-refractivity contribution in [2.45, 2.75) is 18.6 Å². The fraction of sp³-hybridized carbons (Fsp3) is 0.500. The lowest BCUT2D eigenvalue weighted by Crippen LogP contribution is -2.33. The Kier molecular flexibility index (Phi) is 5.44. The molecule has 0 radical (unpaired) electrons. The molecule has 0 aliphatic rings. The van der Waals surface area contributed by atoms with Crippen LogP contribution in [0.1, 0.15) is 13.3 Å². The smallest absolute Gasteiger partial charge is 0.236 e. The van der Waals surface area contributed by atoms with Crippen LogP contribution in [0.4, 0.5) is 5.69 Å². The SMILES string of the molecule is CCC(CN)S(=O)(=O)Nc1cc(OC)ccc1OC. The highest BCUT2D eigenvalue weighted by Crippen LogP contribution is 2.30. The Hall–Kier alpha value is -1.47. The van der Waals surface area contributed by atoms with Gasteiger partial charge in [-0.25, -0.2) is 8.42 Å². The summed E-state index contributed by atoms with van der Waals surface area (Å²) in [6, 6.07) is 4.90. The van der Waals surface area contributed by atoms with Gasteiger partial charge in [-0.1, -0.05) is 6.92 Å². The van der Waals surface area contributed by atoms with Crippen molar-refractivity contribution in [3.63, 3.8) is 0 Å². The van der Waals surface area contributed by atoms with Crippen LogP contribution in [0.2, 0.25) is 0 Å². The summed E-state index contributed by atoms with van der Waals surface area (Å²) in [7, 11) is -0.563. The van der Waals surface area contributed by atoms with Crippen molar-refractivity contribution in [2.75, 3.05) is 25.5 Å². The van der Waals surface area contributed by atoms with Gasteiger partial charge in [0.2, 0.25) is 10.0 Å². The molecule has 0 spiro atoms. The second kappa shape index (κ2) is 6.63.